The van der Waals surface area contributed by atoms with E-state index in [1.165, 1.54) is 0 Å². The lowest BCUT2D eigenvalue weighted by atomic mass is 9.90. The van der Waals surface area contributed by atoms with Gasteiger partial charge >= 0.3 is 0 Å². The molecule has 0 aliphatic heterocycles. The maximum atomic E-state index is 14.8. The quantitative estimate of drug-likeness (QED) is 0.898. The van der Waals surface area contributed by atoms with Crippen molar-refractivity contribution in [2.24, 2.45) is 11.7 Å². The highest BCUT2D eigenvalue weighted by Crippen LogP contribution is 2.44. The Bertz CT molecular complexity index is 560. The van der Waals surface area contributed by atoms with Crippen LogP contribution in [0.3, 0.4) is 0 Å². The van der Waals surface area contributed by atoms with E-state index in [-0.39, 0.29) is 12.5 Å². The predicted molar refractivity (Wildman–Crippen MR) is 71.1 cm³/mol. The van der Waals surface area contributed by atoms with Gasteiger partial charge in [-0.15, -0.1) is 0 Å². The van der Waals surface area contributed by atoms with Crippen LogP contribution in [0, 0.1) is 5.92 Å². The number of hydrogen-bond donors (Lipinski definition) is 1. The number of pyridine rings is 1. The molecule has 1 heterocycles. The Labute approximate surface area is 106 Å². The fourth-order valence-electron chi connectivity index (χ4n) is 2.61. The van der Waals surface area contributed by atoms with E-state index in [0.717, 1.165) is 29.3 Å². The van der Waals surface area contributed by atoms with E-state index >= 15 is 0 Å². The van der Waals surface area contributed by atoms with Gasteiger partial charge in [-0.1, -0.05) is 18.2 Å². The summed E-state index contributed by atoms with van der Waals surface area (Å²) in [6, 6.07) is 9.78. The number of halogens is 1. The Balaban J connectivity index is 1.99. The van der Waals surface area contributed by atoms with E-state index in [9.17, 15) is 4.39 Å². The summed E-state index contributed by atoms with van der Waals surface area (Å²) in [5.74, 6) is 0.148. The van der Waals surface area contributed by atoms with Gasteiger partial charge < -0.3 is 5.73 Å². The summed E-state index contributed by atoms with van der Waals surface area (Å²) in [5.41, 5.74) is 6.34. The van der Waals surface area contributed by atoms with Crippen molar-refractivity contribution in [1.29, 1.82) is 0 Å². The van der Waals surface area contributed by atoms with E-state index < -0.39 is 5.67 Å². The van der Waals surface area contributed by atoms with Crippen LogP contribution in [-0.4, -0.2) is 17.2 Å². The fraction of sp³-hybridized carbons (Fsp3) is 0.400. The molecule has 1 aliphatic carbocycles. The number of nitrogens with zero attached hydrogens (tertiary/aromatic N) is 1. The molecule has 3 heteroatoms. The SMILES string of the molecule is NCC(F)(Cc1ccnc2ccccc12)C1CC1. The molecule has 0 saturated heterocycles. The van der Waals surface area contributed by atoms with Gasteiger partial charge in [-0.2, -0.15) is 0 Å². The van der Waals surface area contributed by atoms with Crippen molar-refractivity contribution in [3.05, 3.63) is 42.1 Å². The van der Waals surface area contributed by atoms with Gasteiger partial charge in [0.05, 0.1) is 5.52 Å². The second-order valence-electron chi connectivity index (χ2n) is 5.18. The summed E-state index contributed by atoms with van der Waals surface area (Å²) in [4.78, 5) is 4.30. The van der Waals surface area contributed by atoms with Crippen molar-refractivity contribution >= 4 is 10.9 Å². The van der Waals surface area contributed by atoms with Crippen LogP contribution in [0.25, 0.3) is 10.9 Å². The molecule has 1 fully saturated rings. The van der Waals surface area contributed by atoms with E-state index in [1.54, 1.807) is 6.20 Å². The number of nitrogens with two attached hydrogens (primary N) is 1. The minimum absolute atomic E-state index is 0.105. The Morgan fingerprint density at radius 1 is 1.28 bits per heavy atom. The summed E-state index contributed by atoms with van der Waals surface area (Å²) in [6.07, 6.45) is 4.09. The van der Waals surface area contributed by atoms with Crippen molar-refractivity contribution in [3.63, 3.8) is 0 Å². The molecule has 1 aromatic heterocycles. The van der Waals surface area contributed by atoms with Crippen molar-refractivity contribution in [2.75, 3.05) is 6.54 Å². The number of alkyl halides is 1. The van der Waals surface area contributed by atoms with E-state index in [0.29, 0.717) is 6.42 Å². The first kappa shape index (κ1) is 11.6. The lowest BCUT2D eigenvalue weighted by molar-refractivity contribution is 0.143. The molecule has 1 aliphatic rings. The average molecular weight is 244 g/mol. The predicted octanol–water partition coefficient (Wildman–Crippen LogP) is 2.85. The number of aromatic nitrogens is 1. The molecule has 2 aromatic rings. The van der Waals surface area contributed by atoms with Gasteiger partial charge in [-0.3, -0.25) is 4.98 Å². The van der Waals surface area contributed by atoms with Gasteiger partial charge in [0, 0.05) is 24.5 Å². The molecule has 0 spiro atoms. The number of fused-ring (bicyclic) bond motifs is 1. The molecule has 1 atom stereocenters. The standard InChI is InChI=1S/C15H17FN2/c16-15(10-17,12-5-6-12)9-11-7-8-18-14-4-2-1-3-13(11)14/h1-4,7-8,12H,5-6,9-10,17H2. The molecule has 1 saturated carbocycles. The molecule has 3 rings (SSSR count). The lowest BCUT2D eigenvalue weighted by Crippen LogP contribution is -2.37. The molecular weight excluding hydrogens is 227 g/mol. The highest BCUT2D eigenvalue weighted by Gasteiger charge is 2.44. The molecule has 1 unspecified atom stereocenters. The third-order valence-electron chi connectivity index (χ3n) is 3.87. The minimum Gasteiger partial charge on any atom is -0.328 e. The summed E-state index contributed by atoms with van der Waals surface area (Å²) < 4.78 is 14.8. The van der Waals surface area contributed by atoms with Gasteiger partial charge in [0.15, 0.2) is 0 Å². The van der Waals surface area contributed by atoms with E-state index in [1.807, 2.05) is 30.3 Å². The minimum atomic E-state index is -1.25. The molecular formula is C15H17FN2. The van der Waals surface area contributed by atoms with Gasteiger partial charge in [-0.25, -0.2) is 4.39 Å². The summed E-state index contributed by atoms with van der Waals surface area (Å²) in [5, 5.41) is 1.04. The first-order valence-electron chi connectivity index (χ1n) is 6.44. The zero-order valence-corrected chi connectivity index (χ0v) is 10.3. The monoisotopic (exact) mass is 244 g/mol. The number of benzene rings is 1. The average Bonchev–Trinajstić information content (AvgIpc) is 3.24. The van der Waals surface area contributed by atoms with Crippen LogP contribution in [0.1, 0.15) is 18.4 Å². The second kappa shape index (κ2) is 4.32. The van der Waals surface area contributed by atoms with Crippen LogP contribution in [0.15, 0.2) is 36.5 Å². The van der Waals surface area contributed by atoms with Gasteiger partial charge in [0.1, 0.15) is 5.67 Å². The molecule has 0 radical (unpaired) electrons. The van der Waals surface area contributed by atoms with Crippen LogP contribution in [-0.2, 0) is 6.42 Å². The maximum absolute atomic E-state index is 14.8. The van der Waals surface area contributed by atoms with Crippen LogP contribution >= 0.6 is 0 Å². The zero-order valence-electron chi connectivity index (χ0n) is 10.3. The van der Waals surface area contributed by atoms with Crippen molar-refractivity contribution < 1.29 is 4.39 Å². The molecule has 2 N–H and O–H groups in total. The van der Waals surface area contributed by atoms with Crippen LogP contribution < -0.4 is 5.73 Å². The van der Waals surface area contributed by atoms with Gasteiger partial charge in [0.25, 0.3) is 0 Å². The molecule has 94 valence electrons. The largest absolute Gasteiger partial charge is 0.328 e. The Kier molecular flexibility index (Phi) is 2.78. The zero-order chi connectivity index (χ0) is 12.6. The number of rotatable bonds is 4. The molecule has 2 nitrogen and oxygen atoms in total. The summed E-state index contributed by atoms with van der Waals surface area (Å²) >= 11 is 0. The van der Waals surface area contributed by atoms with Crippen LogP contribution in [0.5, 0.6) is 0 Å². The van der Waals surface area contributed by atoms with Crippen molar-refractivity contribution in [3.8, 4) is 0 Å². The Morgan fingerprint density at radius 3 is 2.78 bits per heavy atom. The highest BCUT2D eigenvalue weighted by atomic mass is 19.1. The molecule has 1 aromatic carbocycles. The summed E-state index contributed by atoms with van der Waals surface area (Å²) in [6.45, 7) is 0.105. The highest BCUT2D eigenvalue weighted by molar-refractivity contribution is 5.81. The third-order valence-corrected chi connectivity index (χ3v) is 3.87. The van der Waals surface area contributed by atoms with Gasteiger partial charge in [0.2, 0.25) is 0 Å². The fourth-order valence-corrected chi connectivity index (χ4v) is 2.61. The van der Waals surface area contributed by atoms with Crippen LogP contribution in [0.2, 0.25) is 0 Å². The van der Waals surface area contributed by atoms with E-state index in [2.05, 4.69) is 4.98 Å². The Morgan fingerprint density at radius 2 is 2.06 bits per heavy atom. The number of para-hydroxylation sites is 1. The first-order valence-corrected chi connectivity index (χ1v) is 6.44. The third kappa shape index (κ3) is 1.99. The summed E-state index contributed by atoms with van der Waals surface area (Å²) in [7, 11) is 0. The van der Waals surface area contributed by atoms with Gasteiger partial charge in [-0.05, 0) is 36.5 Å². The van der Waals surface area contributed by atoms with E-state index in [4.69, 9.17) is 5.73 Å². The molecule has 18 heavy (non-hydrogen) atoms. The molecule has 0 bridgehead atoms. The van der Waals surface area contributed by atoms with Crippen molar-refractivity contribution in [2.45, 2.75) is 24.9 Å². The first-order chi connectivity index (χ1) is 8.73. The molecule has 0 amide bonds. The Hall–Kier alpha value is -1.48. The van der Waals surface area contributed by atoms with Crippen LogP contribution in [0.4, 0.5) is 4.39 Å². The number of hydrogen-bond acceptors (Lipinski definition) is 2. The maximum Gasteiger partial charge on any atom is 0.130 e. The smallest absolute Gasteiger partial charge is 0.130 e. The lowest BCUT2D eigenvalue weighted by Gasteiger charge is -2.24. The topological polar surface area (TPSA) is 38.9 Å². The normalized spacial score (nSPS) is 18.8. The second-order valence-corrected chi connectivity index (χ2v) is 5.18. The van der Waals surface area contributed by atoms with Crippen molar-refractivity contribution in [1.82, 2.24) is 4.98 Å².